The van der Waals surface area contributed by atoms with Gasteiger partial charge < -0.3 is 27.2 Å². The molecule has 0 spiro atoms. The van der Waals surface area contributed by atoms with Crippen LogP contribution in [0.1, 0.15) is 25.8 Å². The fraction of sp³-hybridized carbons (Fsp3) is 0.571. The molecule has 3 nitrogen and oxygen atoms in total. The molecule has 18 heavy (non-hydrogen) atoms. The van der Waals surface area contributed by atoms with E-state index in [4.69, 9.17) is 9.47 Å². The number of benzene rings is 1. The number of methoxy groups -OCH3 is 2. The molecule has 0 aromatic heterocycles. The van der Waals surface area contributed by atoms with Crippen molar-refractivity contribution in [3.8, 4) is 11.5 Å². The van der Waals surface area contributed by atoms with E-state index in [1.54, 1.807) is 14.2 Å². The second kappa shape index (κ2) is 9.06. The maximum atomic E-state index is 5.27. The van der Waals surface area contributed by atoms with Crippen molar-refractivity contribution in [3.63, 3.8) is 0 Å². The molecule has 0 saturated heterocycles. The van der Waals surface area contributed by atoms with Gasteiger partial charge in [-0.1, -0.05) is 19.9 Å². The summed E-state index contributed by atoms with van der Waals surface area (Å²) >= 11 is 0. The quantitative estimate of drug-likeness (QED) is 0.700. The van der Waals surface area contributed by atoms with Crippen LogP contribution in [-0.4, -0.2) is 20.8 Å². The van der Waals surface area contributed by atoms with E-state index in [2.05, 4.69) is 25.2 Å². The maximum Gasteiger partial charge on any atom is 0.161 e. The lowest BCUT2D eigenvalue weighted by Gasteiger charge is -2.10. The Balaban J connectivity index is 0.00000289. The van der Waals surface area contributed by atoms with Gasteiger partial charge in [0, 0.05) is 6.54 Å². The summed E-state index contributed by atoms with van der Waals surface area (Å²) in [6, 6.07) is 6.02. The van der Waals surface area contributed by atoms with E-state index >= 15 is 0 Å². The molecule has 0 aliphatic rings. The SMILES string of the molecule is COc1ccc(CNCCC(C)C)cc1OC.[Cl-]. The van der Waals surface area contributed by atoms with Gasteiger partial charge in [0.1, 0.15) is 0 Å². The average molecular weight is 273 g/mol. The first-order valence-corrected chi connectivity index (χ1v) is 6.09. The number of nitrogens with one attached hydrogen (secondary N) is 1. The first-order chi connectivity index (χ1) is 8.17. The zero-order valence-corrected chi connectivity index (χ0v) is 12.4. The van der Waals surface area contributed by atoms with Gasteiger partial charge in [0.2, 0.25) is 0 Å². The second-order valence-corrected chi connectivity index (χ2v) is 4.55. The van der Waals surface area contributed by atoms with Crippen molar-refractivity contribution < 1.29 is 21.9 Å². The van der Waals surface area contributed by atoms with Crippen LogP contribution in [0.4, 0.5) is 0 Å². The van der Waals surface area contributed by atoms with Gasteiger partial charge >= 0.3 is 0 Å². The monoisotopic (exact) mass is 272 g/mol. The van der Waals surface area contributed by atoms with Crippen molar-refractivity contribution in [3.05, 3.63) is 23.8 Å². The second-order valence-electron chi connectivity index (χ2n) is 4.55. The van der Waals surface area contributed by atoms with Crippen molar-refractivity contribution in [2.75, 3.05) is 20.8 Å². The molecule has 1 N–H and O–H groups in total. The lowest BCUT2D eigenvalue weighted by molar-refractivity contribution is -0.00000436. The molecule has 0 bridgehead atoms. The van der Waals surface area contributed by atoms with Gasteiger partial charge in [-0.25, -0.2) is 0 Å². The smallest absolute Gasteiger partial charge is 0.161 e. The number of hydrogen-bond donors (Lipinski definition) is 1. The van der Waals surface area contributed by atoms with Gasteiger partial charge in [0.15, 0.2) is 11.5 Å². The molecule has 0 aliphatic carbocycles. The number of rotatable bonds is 7. The van der Waals surface area contributed by atoms with E-state index in [0.29, 0.717) is 0 Å². The first-order valence-electron chi connectivity index (χ1n) is 6.09. The highest BCUT2D eigenvalue weighted by molar-refractivity contribution is 5.42. The Morgan fingerprint density at radius 1 is 1.11 bits per heavy atom. The molecule has 1 aromatic rings. The van der Waals surface area contributed by atoms with E-state index < -0.39 is 0 Å². The summed E-state index contributed by atoms with van der Waals surface area (Å²) in [4.78, 5) is 0. The van der Waals surface area contributed by atoms with E-state index in [1.165, 1.54) is 12.0 Å². The summed E-state index contributed by atoms with van der Waals surface area (Å²) in [5.41, 5.74) is 1.21. The van der Waals surface area contributed by atoms with Crippen LogP contribution in [0.25, 0.3) is 0 Å². The highest BCUT2D eigenvalue weighted by Crippen LogP contribution is 2.27. The molecule has 0 aliphatic heterocycles. The van der Waals surface area contributed by atoms with Crippen LogP contribution in [0, 0.1) is 5.92 Å². The van der Waals surface area contributed by atoms with Crippen molar-refractivity contribution >= 4 is 0 Å². The molecular formula is C14H23ClNO2-. The third kappa shape index (κ3) is 5.61. The molecule has 0 unspecified atom stereocenters. The predicted octanol–water partition coefficient (Wildman–Crippen LogP) is -0.156. The first kappa shape index (κ1) is 17.1. The molecule has 0 amide bonds. The van der Waals surface area contributed by atoms with E-state index in [9.17, 15) is 0 Å². The lowest BCUT2D eigenvalue weighted by atomic mass is 10.1. The molecule has 0 saturated carbocycles. The normalized spacial score (nSPS) is 10.1. The van der Waals surface area contributed by atoms with Crippen LogP contribution in [-0.2, 0) is 6.54 Å². The Bertz CT molecular complexity index is 343. The molecular weight excluding hydrogens is 250 g/mol. The Morgan fingerprint density at radius 3 is 2.33 bits per heavy atom. The lowest BCUT2D eigenvalue weighted by Crippen LogP contribution is -3.00. The van der Waals surface area contributed by atoms with Crippen molar-refractivity contribution in [2.24, 2.45) is 5.92 Å². The van der Waals surface area contributed by atoms with Crippen LogP contribution in [0.5, 0.6) is 11.5 Å². The molecule has 0 atom stereocenters. The third-order valence-electron chi connectivity index (χ3n) is 2.68. The van der Waals surface area contributed by atoms with Crippen molar-refractivity contribution in [1.29, 1.82) is 0 Å². The zero-order chi connectivity index (χ0) is 12.7. The molecule has 0 radical (unpaired) electrons. The number of ether oxygens (including phenoxy) is 2. The van der Waals surface area contributed by atoms with Crippen molar-refractivity contribution in [1.82, 2.24) is 5.32 Å². The third-order valence-corrected chi connectivity index (χ3v) is 2.68. The summed E-state index contributed by atoms with van der Waals surface area (Å²) in [5, 5.41) is 3.43. The van der Waals surface area contributed by atoms with Crippen LogP contribution in [0.15, 0.2) is 18.2 Å². The molecule has 1 rings (SSSR count). The Hall–Kier alpha value is -0.930. The highest BCUT2D eigenvalue weighted by Gasteiger charge is 2.04. The van der Waals surface area contributed by atoms with Gasteiger partial charge in [0.25, 0.3) is 0 Å². The summed E-state index contributed by atoms with van der Waals surface area (Å²) in [5.74, 6) is 2.31. The highest BCUT2D eigenvalue weighted by atomic mass is 35.5. The summed E-state index contributed by atoms with van der Waals surface area (Å²) in [6.45, 7) is 6.38. The van der Waals surface area contributed by atoms with Crippen LogP contribution in [0.2, 0.25) is 0 Å². The molecule has 104 valence electrons. The number of hydrogen-bond acceptors (Lipinski definition) is 3. The standard InChI is InChI=1S/C14H23NO2.ClH/c1-11(2)7-8-15-10-12-5-6-13(16-3)14(9-12)17-4;/h5-6,9,11,15H,7-8,10H2,1-4H3;1H/p-1. The predicted molar refractivity (Wildman–Crippen MR) is 70.7 cm³/mol. The van der Waals surface area contributed by atoms with E-state index in [1.807, 2.05) is 12.1 Å². The van der Waals surface area contributed by atoms with Gasteiger partial charge in [-0.2, -0.15) is 0 Å². The maximum absolute atomic E-state index is 5.27. The minimum Gasteiger partial charge on any atom is -1.00 e. The molecule has 4 heteroatoms. The molecule has 0 heterocycles. The minimum atomic E-state index is 0. The molecule has 0 fully saturated rings. The van der Waals surface area contributed by atoms with Gasteiger partial charge in [0.05, 0.1) is 14.2 Å². The summed E-state index contributed by atoms with van der Waals surface area (Å²) in [6.07, 6.45) is 1.20. The number of halogens is 1. The van der Waals surface area contributed by atoms with Gasteiger partial charge in [-0.05, 0) is 36.6 Å². The fourth-order valence-electron chi connectivity index (χ4n) is 1.61. The Kier molecular flexibility index (Phi) is 8.59. The summed E-state index contributed by atoms with van der Waals surface area (Å²) in [7, 11) is 3.31. The average Bonchev–Trinajstić information content (AvgIpc) is 2.34. The Labute approximate surface area is 116 Å². The summed E-state index contributed by atoms with van der Waals surface area (Å²) < 4.78 is 10.5. The minimum absolute atomic E-state index is 0. The van der Waals surface area contributed by atoms with E-state index in [-0.39, 0.29) is 12.4 Å². The van der Waals surface area contributed by atoms with Gasteiger partial charge in [-0.15, -0.1) is 0 Å². The fourth-order valence-corrected chi connectivity index (χ4v) is 1.61. The van der Waals surface area contributed by atoms with Crippen LogP contribution < -0.4 is 27.2 Å². The topological polar surface area (TPSA) is 30.5 Å². The largest absolute Gasteiger partial charge is 1.00 e. The van der Waals surface area contributed by atoms with Gasteiger partial charge in [-0.3, -0.25) is 0 Å². The molecule has 1 aromatic carbocycles. The Morgan fingerprint density at radius 2 is 1.78 bits per heavy atom. The van der Waals surface area contributed by atoms with Crippen LogP contribution in [0.3, 0.4) is 0 Å². The zero-order valence-electron chi connectivity index (χ0n) is 11.6. The van der Waals surface area contributed by atoms with Crippen molar-refractivity contribution in [2.45, 2.75) is 26.8 Å². The van der Waals surface area contributed by atoms with Crippen LogP contribution >= 0.6 is 0 Å². The van der Waals surface area contributed by atoms with E-state index in [0.717, 1.165) is 30.5 Å².